The molecule has 0 aromatic carbocycles. The van der Waals surface area contributed by atoms with Gasteiger partial charge in [0.25, 0.3) is 0 Å². The van der Waals surface area contributed by atoms with Crippen LogP contribution in [-0.2, 0) is 10.0 Å². The molecule has 1 N–H and O–H groups in total. The van der Waals surface area contributed by atoms with Crippen molar-refractivity contribution in [3.8, 4) is 0 Å². The topological polar surface area (TPSA) is 62.6 Å². The van der Waals surface area contributed by atoms with Crippen molar-refractivity contribution < 1.29 is 12.8 Å². The van der Waals surface area contributed by atoms with Crippen LogP contribution in [0.1, 0.15) is 17.9 Å². The van der Waals surface area contributed by atoms with Crippen molar-refractivity contribution in [1.82, 2.24) is 9.62 Å². The zero-order valence-corrected chi connectivity index (χ0v) is 11.9. The van der Waals surface area contributed by atoms with Crippen LogP contribution in [0.4, 0.5) is 0 Å². The number of hydrogen-bond donors (Lipinski definition) is 1. The van der Waals surface area contributed by atoms with Crippen LogP contribution >= 0.6 is 0 Å². The van der Waals surface area contributed by atoms with E-state index in [9.17, 15) is 8.42 Å². The predicted octanol–water partition coefficient (Wildman–Crippen LogP) is 1.13. The number of aryl methyl sites for hydroxylation is 2. The zero-order chi connectivity index (χ0) is 13.3. The van der Waals surface area contributed by atoms with Gasteiger partial charge in [-0.25, -0.2) is 8.42 Å². The molecule has 0 bridgehead atoms. The first-order valence-electron chi connectivity index (χ1n) is 6.17. The zero-order valence-electron chi connectivity index (χ0n) is 11.1. The predicted molar refractivity (Wildman–Crippen MR) is 69.0 cm³/mol. The molecule has 1 aliphatic rings. The molecular formula is C12H20N2O3S. The van der Waals surface area contributed by atoms with Crippen LogP contribution < -0.4 is 5.32 Å². The molecule has 2 heterocycles. The van der Waals surface area contributed by atoms with E-state index in [2.05, 4.69) is 5.32 Å². The summed E-state index contributed by atoms with van der Waals surface area (Å²) in [7, 11) is -1.50. The fourth-order valence-electron chi connectivity index (χ4n) is 2.47. The SMILES string of the molecule is CNCC1CCN(S(=O)(=O)c2cc(C)oc2C)C1. The third-order valence-electron chi connectivity index (χ3n) is 3.35. The summed E-state index contributed by atoms with van der Waals surface area (Å²) >= 11 is 0. The first-order valence-corrected chi connectivity index (χ1v) is 7.61. The van der Waals surface area contributed by atoms with Crippen LogP contribution in [0.3, 0.4) is 0 Å². The number of sulfonamides is 1. The van der Waals surface area contributed by atoms with E-state index in [1.54, 1.807) is 24.2 Å². The Balaban J connectivity index is 2.20. The minimum atomic E-state index is -3.39. The van der Waals surface area contributed by atoms with Gasteiger partial charge >= 0.3 is 0 Å². The lowest BCUT2D eigenvalue weighted by molar-refractivity contribution is 0.447. The van der Waals surface area contributed by atoms with Crippen LogP contribution in [0.15, 0.2) is 15.4 Å². The van der Waals surface area contributed by atoms with Crippen LogP contribution in [-0.4, -0.2) is 39.4 Å². The van der Waals surface area contributed by atoms with Crippen molar-refractivity contribution in [2.75, 3.05) is 26.7 Å². The summed E-state index contributed by atoms with van der Waals surface area (Å²) in [6.45, 7) is 5.50. The molecule has 1 atom stereocenters. The van der Waals surface area contributed by atoms with E-state index in [0.29, 0.717) is 35.4 Å². The Morgan fingerprint density at radius 1 is 1.50 bits per heavy atom. The number of nitrogens with one attached hydrogen (secondary N) is 1. The second-order valence-electron chi connectivity index (χ2n) is 4.85. The molecular weight excluding hydrogens is 252 g/mol. The maximum atomic E-state index is 12.5. The first kappa shape index (κ1) is 13.6. The second kappa shape index (κ2) is 5.03. The Kier molecular flexibility index (Phi) is 3.79. The number of rotatable bonds is 4. The van der Waals surface area contributed by atoms with Crippen LogP contribution in [0.25, 0.3) is 0 Å². The van der Waals surface area contributed by atoms with Gasteiger partial charge in [0.05, 0.1) is 0 Å². The molecule has 102 valence electrons. The van der Waals surface area contributed by atoms with Gasteiger partial charge in [0, 0.05) is 13.1 Å². The van der Waals surface area contributed by atoms with E-state index in [0.717, 1.165) is 13.0 Å². The molecule has 5 nitrogen and oxygen atoms in total. The summed E-state index contributed by atoms with van der Waals surface area (Å²) in [5, 5.41) is 3.10. The van der Waals surface area contributed by atoms with Crippen LogP contribution in [0, 0.1) is 19.8 Å². The Morgan fingerprint density at radius 3 is 2.78 bits per heavy atom. The molecule has 1 unspecified atom stereocenters. The fourth-order valence-corrected chi connectivity index (χ4v) is 4.22. The van der Waals surface area contributed by atoms with Crippen molar-refractivity contribution in [2.45, 2.75) is 25.2 Å². The molecule has 0 amide bonds. The van der Waals surface area contributed by atoms with Crippen molar-refractivity contribution in [3.05, 3.63) is 17.6 Å². The number of hydrogen-bond acceptors (Lipinski definition) is 4. The highest BCUT2D eigenvalue weighted by Gasteiger charge is 2.34. The third-order valence-corrected chi connectivity index (χ3v) is 5.33. The third kappa shape index (κ3) is 2.46. The normalized spacial score (nSPS) is 21.6. The van der Waals surface area contributed by atoms with Crippen LogP contribution in [0.2, 0.25) is 0 Å². The summed E-state index contributed by atoms with van der Waals surface area (Å²) in [5.74, 6) is 1.51. The molecule has 0 spiro atoms. The molecule has 18 heavy (non-hydrogen) atoms. The maximum absolute atomic E-state index is 12.5. The van der Waals surface area contributed by atoms with Crippen molar-refractivity contribution in [1.29, 1.82) is 0 Å². The molecule has 2 rings (SSSR count). The van der Waals surface area contributed by atoms with Gasteiger partial charge in [-0.05, 0) is 45.8 Å². The quantitative estimate of drug-likeness (QED) is 0.892. The fraction of sp³-hybridized carbons (Fsp3) is 0.667. The number of nitrogens with zero attached hydrogens (tertiary/aromatic N) is 1. The molecule has 1 aromatic heterocycles. The summed E-state index contributed by atoms with van der Waals surface area (Å²) in [5.41, 5.74) is 0. The molecule has 0 radical (unpaired) electrons. The minimum absolute atomic E-state index is 0.310. The van der Waals surface area contributed by atoms with E-state index in [-0.39, 0.29) is 0 Å². The Morgan fingerprint density at radius 2 is 2.22 bits per heavy atom. The molecule has 1 aliphatic heterocycles. The molecule has 0 aliphatic carbocycles. The average molecular weight is 272 g/mol. The summed E-state index contributed by atoms with van der Waals surface area (Å²) < 4.78 is 31.8. The highest BCUT2D eigenvalue weighted by atomic mass is 32.2. The molecule has 6 heteroatoms. The second-order valence-corrected chi connectivity index (χ2v) is 6.76. The average Bonchev–Trinajstić information content (AvgIpc) is 2.86. The van der Waals surface area contributed by atoms with Gasteiger partial charge in [-0.1, -0.05) is 0 Å². The lowest BCUT2D eigenvalue weighted by atomic mass is 10.1. The largest absolute Gasteiger partial charge is 0.465 e. The van der Waals surface area contributed by atoms with Gasteiger partial charge in [-0.2, -0.15) is 4.31 Å². The van der Waals surface area contributed by atoms with E-state index < -0.39 is 10.0 Å². The summed E-state index contributed by atoms with van der Waals surface area (Å²) in [6.07, 6.45) is 0.913. The van der Waals surface area contributed by atoms with Gasteiger partial charge in [0.2, 0.25) is 10.0 Å². The Bertz CT molecular complexity index is 521. The molecule has 1 fully saturated rings. The van der Waals surface area contributed by atoms with Crippen molar-refractivity contribution in [3.63, 3.8) is 0 Å². The lowest BCUT2D eigenvalue weighted by Gasteiger charge is -2.15. The van der Waals surface area contributed by atoms with Gasteiger partial charge in [-0.15, -0.1) is 0 Å². The smallest absolute Gasteiger partial charge is 0.246 e. The highest BCUT2D eigenvalue weighted by Crippen LogP contribution is 2.27. The summed E-state index contributed by atoms with van der Waals surface area (Å²) in [6, 6.07) is 1.61. The van der Waals surface area contributed by atoms with Gasteiger partial charge in [0.1, 0.15) is 16.4 Å². The van der Waals surface area contributed by atoms with Crippen molar-refractivity contribution >= 4 is 10.0 Å². The van der Waals surface area contributed by atoms with Crippen molar-refractivity contribution in [2.24, 2.45) is 5.92 Å². The van der Waals surface area contributed by atoms with E-state index in [1.807, 2.05) is 7.05 Å². The molecule has 1 aromatic rings. The molecule has 1 saturated heterocycles. The first-order chi connectivity index (χ1) is 8.45. The minimum Gasteiger partial charge on any atom is -0.465 e. The summed E-state index contributed by atoms with van der Waals surface area (Å²) in [4.78, 5) is 0.310. The standard InChI is InChI=1S/C12H20N2O3S/c1-9-6-12(10(2)17-9)18(15,16)14-5-4-11(8-14)7-13-3/h6,11,13H,4-5,7-8H2,1-3H3. The number of furan rings is 1. The Labute approximate surface area is 108 Å². The van der Waals surface area contributed by atoms with Gasteiger partial charge < -0.3 is 9.73 Å². The van der Waals surface area contributed by atoms with E-state index in [4.69, 9.17) is 4.42 Å². The van der Waals surface area contributed by atoms with Gasteiger partial charge in [-0.3, -0.25) is 0 Å². The highest BCUT2D eigenvalue weighted by molar-refractivity contribution is 7.89. The lowest BCUT2D eigenvalue weighted by Crippen LogP contribution is -2.30. The maximum Gasteiger partial charge on any atom is 0.246 e. The molecule has 0 saturated carbocycles. The van der Waals surface area contributed by atoms with Gasteiger partial charge in [0.15, 0.2) is 0 Å². The van der Waals surface area contributed by atoms with E-state index >= 15 is 0 Å². The Hall–Kier alpha value is -0.850. The van der Waals surface area contributed by atoms with Crippen LogP contribution in [0.5, 0.6) is 0 Å². The van der Waals surface area contributed by atoms with E-state index in [1.165, 1.54) is 0 Å². The monoisotopic (exact) mass is 272 g/mol.